The fourth-order valence-corrected chi connectivity index (χ4v) is 2.08. The molecule has 102 valence electrons. The van der Waals surface area contributed by atoms with Crippen LogP contribution in [0.25, 0.3) is 11.3 Å². The van der Waals surface area contributed by atoms with Crippen molar-refractivity contribution in [1.82, 2.24) is 19.6 Å². The van der Waals surface area contributed by atoms with E-state index in [1.165, 1.54) is 0 Å². The first-order valence-electron chi connectivity index (χ1n) is 6.20. The van der Waals surface area contributed by atoms with Gasteiger partial charge >= 0.3 is 5.97 Å². The van der Waals surface area contributed by atoms with E-state index in [4.69, 9.17) is 0 Å². The molecule has 2 heterocycles. The molecule has 0 aliphatic heterocycles. The second kappa shape index (κ2) is 4.87. The second-order valence-corrected chi connectivity index (χ2v) is 5.11. The number of hydrogen-bond acceptors (Lipinski definition) is 3. The predicted octanol–water partition coefficient (Wildman–Crippen LogP) is 1.95. The Hall–Kier alpha value is -2.11. The lowest BCUT2D eigenvalue weighted by Crippen LogP contribution is -2.04. The van der Waals surface area contributed by atoms with E-state index in [9.17, 15) is 9.90 Å². The Labute approximate surface area is 111 Å². The average Bonchev–Trinajstić information content (AvgIpc) is 2.81. The first-order chi connectivity index (χ1) is 8.88. The number of carboxylic acids is 1. The number of nitrogens with zero attached hydrogens (tertiary/aromatic N) is 4. The van der Waals surface area contributed by atoms with Crippen LogP contribution in [0, 0.1) is 12.8 Å². The Balaban J connectivity index is 2.52. The quantitative estimate of drug-likeness (QED) is 0.914. The highest BCUT2D eigenvalue weighted by molar-refractivity contribution is 5.94. The molecule has 0 bridgehead atoms. The van der Waals surface area contributed by atoms with Gasteiger partial charge < -0.3 is 5.11 Å². The average molecular weight is 262 g/mol. The zero-order valence-electron chi connectivity index (χ0n) is 11.6. The molecule has 0 unspecified atom stereocenters. The van der Waals surface area contributed by atoms with Gasteiger partial charge in [0.1, 0.15) is 11.3 Å². The molecule has 6 heteroatoms. The predicted molar refractivity (Wildman–Crippen MR) is 71.0 cm³/mol. The van der Waals surface area contributed by atoms with Crippen LogP contribution in [-0.2, 0) is 13.6 Å². The summed E-state index contributed by atoms with van der Waals surface area (Å²) in [6.45, 7) is 6.68. The number of aromatic nitrogens is 4. The smallest absolute Gasteiger partial charge is 0.339 e. The van der Waals surface area contributed by atoms with Crippen molar-refractivity contribution in [3.8, 4) is 11.3 Å². The molecule has 0 saturated heterocycles. The maximum absolute atomic E-state index is 11.3. The van der Waals surface area contributed by atoms with E-state index in [0.29, 0.717) is 18.2 Å². The summed E-state index contributed by atoms with van der Waals surface area (Å²) >= 11 is 0. The summed E-state index contributed by atoms with van der Waals surface area (Å²) < 4.78 is 3.35. The highest BCUT2D eigenvalue weighted by Crippen LogP contribution is 2.25. The van der Waals surface area contributed by atoms with Crippen LogP contribution in [0.15, 0.2) is 12.4 Å². The van der Waals surface area contributed by atoms with Crippen molar-refractivity contribution < 1.29 is 9.90 Å². The van der Waals surface area contributed by atoms with Crippen molar-refractivity contribution in [2.45, 2.75) is 27.3 Å². The molecular weight excluding hydrogens is 244 g/mol. The van der Waals surface area contributed by atoms with Crippen molar-refractivity contribution in [1.29, 1.82) is 0 Å². The molecule has 0 radical (unpaired) electrons. The summed E-state index contributed by atoms with van der Waals surface area (Å²) in [5.74, 6) is -0.558. The standard InChI is InChI=1S/C13H18N4O2/c1-8(2)5-17-7-11(13(18)19)12(15-17)10-6-16(4)14-9(10)3/h6-8H,5H2,1-4H3,(H,18,19). The summed E-state index contributed by atoms with van der Waals surface area (Å²) in [6, 6.07) is 0. The van der Waals surface area contributed by atoms with Crippen LogP contribution in [0.4, 0.5) is 0 Å². The van der Waals surface area contributed by atoms with Gasteiger partial charge in [-0.05, 0) is 12.8 Å². The van der Waals surface area contributed by atoms with Crippen LogP contribution in [0.1, 0.15) is 29.9 Å². The molecule has 0 aromatic carbocycles. The van der Waals surface area contributed by atoms with Gasteiger partial charge in [0, 0.05) is 31.5 Å². The normalized spacial score (nSPS) is 11.2. The topological polar surface area (TPSA) is 72.9 Å². The first-order valence-corrected chi connectivity index (χ1v) is 6.20. The van der Waals surface area contributed by atoms with E-state index in [-0.39, 0.29) is 5.56 Å². The maximum Gasteiger partial charge on any atom is 0.339 e. The van der Waals surface area contributed by atoms with Gasteiger partial charge in [0.15, 0.2) is 0 Å². The van der Waals surface area contributed by atoms with Crippen LogP contribution in [0.2, 0.25) is 0 Å². The van der Waals surface area contributed by atoms with Crippen LogP contribution in [0.3, 0.4) is 0 Å². The molecule has 0 atom stereocenters. The van der Waals surface area contributed by atoms with Gasteiger partial charge in [-0.3, -0.25) is 9.36 Å². The fourth-order valence-electron chi connectivity index (χ4n) is 2.08. The third-order valence-electron chi connectivity index (χ3n) is 2.81. The lowest BCUT2D eigenvalue weighted by Gasteiger charge is -2.03. The second-order valence-electron chi connectivity index (χ2n) is 5.11. The van der Waals surface area contributed by atoms with Crippen molar-refractivity contribution in [2.75, 3.05) is 0 Å². The van der Waals surface area contributed by atoms with Crippen LogP contribution in [0.5, 0.6) is 0 Å². The van der Waals surface area contributed by atoms with Gasteiger partial charge in [-0.1, -0.05) is 13.8 Å². The molecule has 0 spiro atoms. The lowest BCUT2D eigenvalue weighted by atomic mass is 10.1. The van der Waals surface area contributed by atoms with E-state index < -0.39 is 5.97 Å². The first kappa shape index (κ1) is 13.3. The van der Waals surface area contributed by atoms with Gasteiger partial charge in [-0.2, -0.15) is 10.2 Å². The summed E-state index contributed by atoms with van der Waals surface area (Å²) in [5, 5.41) is 17.9. The van der Waals surface area contributed by atoms with Crippen molar-refractivity contribution in [2.24, 2.45) is 13.0 Å². The van der Waals surface area contributed by atoms with Crippen LogP contribution >= 0.6 is 0 Å². The van der Waals surface area contributed by atoms with E-state index in [1.807, 2.05) is 14.0 Å². The van der Waals surface area contributed by atoms with Crippen LogP contribution in [-0.4, -0.2) is 30.6 Å². The van der Waals surface area contributed by atoms with Crippen molar-refractivity contribution in [3.63, 3.8) is 0 Å². The van der Waals surface area contributed by atoms with Gasteiger partial charge in [-0.25, -0.2) is 4.79 Å². The van der Waals surface area contributed by atoms with Gasteiger partial charge in [0.05, 0.1) is 5.69 Å². The van der Waals surface area contributed by atoms with Gasteiger partial charge in [0.2, 0.25) is 0 Å². The summed E-state index contributed by atoms with van der Waals surface area (Å²) in [7, 11) is 1.81. The number of carbonyl (C=O) groups is 1. The van der Waals surface area contributed by atoms with E-state index in [2.05, 4.69) is 24.0 Å². The number of carboxylic acid groups (broad SMARTS) is 1. The zero-order valence-corrected chi connectivity index (χ0v) is 11.6. The molecule has 0 saturated carbocycles. The minimum Gasteiger partial charge on any atom is -0.478 e. The molecule has 19 heavy (non-hydrogen) atoms. The van der Waals surface area contributed by atoms with E-state index in [0.717, 1.165) is 11.3 Å². The molecular formula is C13H18N4O2. The number of aryl methyl sites for hydroxylation is 2. The number of aromatic carboxylic acids is 1. The van der Waals surface area contributed by atoms with Crippen LogP contribution < -0.4 is 0 Å². The van der Waals surface area contributed by atoms with Crippen molar-refractivity contribution in [3.05, 3.63) is 23.7 Å². The summed E-state index contributed by atoms with van der Waals surface area (Å²) in [5.41, 5.74) is 2.25. The number of rotatable bonds is 4. The molecule has 6 nitrogen and oxygen atoms in total. The highest BCUT2D eigenvalue weighted by Gasteiger charge is 2.20. The highest BCUT2D eigenvalue weighted by atomic mass is 16.4. The third kappa shape index (κ3) is 2.67. The third-order valence-corrected chi connectivity index (χ3v) is 2.81. The molecule has 0 aliphatic carbocycles. The zero-order chi connectivity index (χ0) is 14.2. The molecule has 0 aliphatic rings. The van der Waals surface area contributed by atoms with E-state index >= 15 is 0 Å². The Morgan fingerprint density at radius 2 is 2.05 bits per heavy atom. The Morgan fingerprint density at radius 3 is 2.53 bits per heavy atom. The fraction of sp³-hybridized carbons (Fsp3) is 0.462. The van der Waals surface area contributed by atoms with Gasteiger partial charge in [-0.15, -0.1) is 0 Å². The minimum atomic E-state index is -0.965. The molecule has 1 N–H and O–H groups in total. The summed E-state index contributed by atoms with van der Waals surface area (Å²) in [4.78, 5) is 11.3. The lowest BCUT2D eigenvalue weighted by molar-refractivity contribution is 0.0697. The molecule has 2 rings (SSSR count). The molecule has 0 fully saturated rings. The Bertz CT molecular complexity index is 610. The van der Waals surface area contributed by atoms with E-state index in [1.54, 1.807) is 21.8 Å². The maximum atomic E-state index is 11.3. The molecule has 2 aromatic rings. The number of hydrogen-bond donors (Lipinski definition) is 1. The molecule has 2 aromatic heterocycles. The Morgan fingerprint density at radius 1 is 1.37 bits per heavy atom. The van der Waals surface area contributed by atoms with Crippen molar-refractivity contribution >= 4 is 5.97 Å². The van der Waals surface area contributed by atoms with Gasteiger partial charge in [0.25, 0.3) is 0 Å². The Kier molecular flexibility index (Phi) is 3.42. The monoisotopic (exact) mass is 262 g/mol. The summed E-state index contributed by atoms with van der Waals surface area (Å²) in [6.07, 6.45) is 3.38. The molecule has 0 amide bonds. The SMILES string of the molecule is Cc1nn(C)cc1-c1nn(CC(C)C)cc1C(=O)O. The minimum absolute atomic E-state index is 0.219. The largest absolute Gasteiger partial charge is 0.478 e.